The van der Waals surface area contributed by atoms with Crippen molar-refractivity contribution in [3.8, 4) is 0 Å². The SMILES string of the molecule is CNC(c1ccc2c(c1)CCC2)C(F)(F)C(F)(F)F. The lowest BCUT2D eigenvalue weighted by molar-refractivity contribution is -0.293. The number of rotatable bonds is 3. The van der Waals surface area contributed by atoms with Gasteiger partial charge < -0.3 is 5.32 Å². The molecular weight excluding hydrogens is 265 g/mol. The van der Waals surface area contributed by atoms with Crippen LogP contribution in [0, 0.1) is 0 Å². The molecule has 6 heteroatoms. The highest BCUT2D eigenvalue weighted by Crippen LogP contribution is 2.44. The minimum Gasteiger partial charge on any atom is -0.308 e. The summed E-state index contributed by atoms with van der Waals surface area (Å²) in [6.07, 6.45) is -3.06. The molecule has 0 saturated carbocycles. The Morgan fingerprint density at radius 3 is 2.26 bits per heavy atom. The maximum Gasteiger partial charge on any atom is 0.455 e. The van der Waals surface area contributed by atoms with Gasteiger partial charge in [-0.1, -0.05) is 18.2 Å². The van der Waals surface area contributed by atoms with Crippen molar-refractivity contribution < 1.29 is 22.0 Å². The molecule has 1 unspecified atom stereocenters. The van der Waals surface area contributed by atoms with E-state index >= 15 is 0 Å². The van der Waals surface area contributed by atoms with Crippen LogP contribution in [0.15, 0.2) is 18.2 Å². The lowest BCUT2D eigenvalue weighted by Gasteiger charge is -2.29. The lowest BCUT2D eigenvalue weighted by atomic mass is 9.96. The predicted octanol–water partition coefficient (Wildman–Crippen LogP) is 3.63. The monoisotopic (exact) mass is 279 g/mol. The summed E-state index contributed by atoms with van der Waals surface area (Å²) in [7, 11) is 1.11. The Kier molecular flexibility index (Phi) is 3.55. The van der Waals surface area contributed by atoms with Gasteiger partial charge in [-0.15, -0.1) is 0 Å². The molecule has 2 rings (SSSR count). The van der Waals surface area contributed by atoms with Crippen molar-refractivity contribution in [3.05, 3.63) is 34.9 Å². The average molecular weight is 279 g/mol. The summed E-state index contributed by atoms with van der Waals surface area (Å²) < 4.78 is 64.2. The Morgan fingerprint density at radius 2 is 1.68 bits per heavy atom. The topological polar surface area (TPSA) is 12.0 Å². The van der Waals surface area contributed by atoms with Crippen molar-refractivity contribution >= 4 is 0 Å². The largest absolute Gasteiger partial charge is 0.455 e. The van der Waals surface area contributed by atoms with Crippen LogP contribution in [0.25, 0.3) is 0 Å². The summed E-state index contributed by atoms with van der Waals surface area (Å²) in [5, 5.41) is 2.09. The van der Waals surface area contributed by atoms with Crippen molar-refractivity contribution in [1.29, 1.82) is 0 Å². The average Bonchev–Trinajstić information content (AvgIpc) is 2.75. The van der Waals surface area contributed by atoms with Crippen LogP contribution in [-0.4, -0.2) is 19.1 Å². The van der Waals surface area contributed by atoms with E-state index < -0.39 is 18.1 Å². The molecule has 0 radical (unpaired) electrons. The fourth-order valence-corrected chi connectivity index (χ4v) is 2.49. The Bertz CT molecular complexity index is 467. The number of halogens is 5. The molecule has 0 fully saturated rings. The van der Waals surface area contributed by atoms with Gasteiger partial charge in [-0.2, -0.15) is 22.0 Å². The summed E-state index contributed by atoms with van der Waals surface area (Å²) in [6.45, 7) is 0. The van der Waals surface area contributed by atoms with Crippen LogP contribution in [-0.2, 0) is 12.8 Å². The molecule has 0 saturated heterocycles. The van der Waals surface area contributed by atoms with Gasteiger partial charge in [0.25, 0.3) is 0 Å². The van der Waals surface area contributed by atoms with E-state index in [1.165, 1.54) is 12.1 Å². The Morgan fingerprint density at radius 1 is 1.05 bits per heavy atom. The minimum atomic E-state index is -5.57. The number of aryl methyl sites for hydroxylation is 2. The highest BCUT2D eigenvalue weighted by molar-refractivity contribution is 5.37. The molecule has 1 nitrogen and oxygen atoms in total. The standard InChI is InChI=1S/C13H14F5N/c1-19-11(12(14,15)13(16,17)18)10-6-5-8-3-2-4-9(8)7-10/h5-7,11,19H,2-4H2,1H3. The van der Waals surface area contributed by atoms with Gasteiger partial charge in [-0.25, -0.2) is 0 Å². The Hall–Kier alpha value is -1.17. The first-order chi connectivity index (χ1) is 8.77. The van der Waals surface area contributed by atoms with Crippen molar-refractivity contribution in [2.75, 3.05) is 7.05 Å². The summed E-state index contributed by atoms with van der Waals surface area (Å²) in [5.41, 5.74) is 1.88. The van der Waals surface area contributed by atoms with Crippen LogP contribution in [0.2, 0.25) is 0 Å². The fraction of sp³-hybridized carbons (Fsp3) is 0.538. The van der Waals surface area contributed by atoms with Gasteiger partial charge in [-0.3, -0.25) is 0 Å². The maximum absolute atomic E-state index is 13.4. The molecule has 1 atom stereocenters. The molecule has 0 spiro atoms. The number of fused-ring (bicyclic) bond motifs is 1. The quantitative estimate of drug-likeness (QED) is 0.833. The second-order valence-electron chi connectivity index (χ2n) is 4.72. The zero-order valence-corrected chi connectivity index (χ0v) is 10.3. The molecule has 0 aliphatic heterocycles. The van der Waals surface area contributed by atoms with E-state index in [0.29, 0.717) is 0 Å². The minimum absolute atomic E-state index is 0.0227. The van der Waals surface area contributed by atoms with Crippen LogP contribution in [0.3, 0.4) is 0 Å². The number of benzene rings is 1. The molecule has 19 heavy (non-hydrogen) atoms. The van der Waals surface area contributed by atoms with Gasteiger partial charge in [0.1, 0.15) is 6.04 Å². The lowest BCUT2D eigenvalue weighted by Crippen LogP contribution is -2.47. The first-order valence-corrected chi connectivity index (χ1v) is 6.01. The summed E-state index contributed by atoms with van der Waals surface area (Å²) in [4.78, 5) is 0. The normalized spacial score (nSPS) is 17.4. The summed E-state index contributed by atoms with van der Waals surface area (Å²) in [5.74, 6) is -4.80. The van der Waals surface area contributed by atoms with Gasteiger partial charge in [0.05, 0.1) is 0 Å². The smallest absolute Gasteiger partial charge is 0.308 e. The molecule has 0 amide bonds. The van der Waals surface area contributed by atoms with Crippen molar-refractivity contribution in [2.24, 2.45) is 0 Å². The third-order valence-electron chi connectivity index (χ3n) is 3.49. The number of alkyl halides is 5. The number of nitrogens with one attached hydrogen (secondary N) is 1. The highest BCUT2D eigenvalue weighted by Gasteiger charge is 2.62. The molecule has 1 aromatic carbocycles. The van der Waals surface area contributed by atoms with E-state index in [1.807, 2.05) is 0 Å². The number of hydrogen-bond donors (Lipinski definition) is 1. The van der Waals surface area contributed by atoms with Crippen LogP contribution in [0.4, 0.5) is 22.0 Å². The van der Waals surface area contributed by atoms with E-state index in [-0.39, 0.29) is 5.56 Å². The van der Waals surface area contributed by atoms with Gasteiger partial charge in [0.15, 0.2) is 0 Å². The van der Waals surface area contributed by atoms with Gasteiger partial charge >= 0.3 is 12.1 Å². The molecule has 1 aliphatic carbocycles. The highest BCUT2D eigenvalue weighted by atomic mass is 19.4. The van der Waals surface area contributed by atoms with E-state index in [1.54, 1.807) is 6.07 Å². The van der Waals surface area contributed by atoms with Gasteiger partial charge in [0.2, 0.25) is 0 Å². The molecule has 1 N–H and O–H groups in total. The molecule has 0 bridgehead atoms. The van der Waals surface area contributed by atoms with E-state index in [4.69, 9.17) is 0 Å². The summed E-state index contributed by atoms with van der Waals surface area (Å²) >= 11 is 0. The predicted molar refractivity (Wildman–Crippen MR) is 61.3 cm³/mol. The molecule has 1 aromatic rings. The first kappa shape index (κ1) is 14.2. The third-order valence-corrected chi connectivity index (χ3v) is 3.49. The number of hydrogen-bond acceptors (Lipinski definition) is 1. The van der Waals surface area contributed by atoms with Gasteiger partial charge in [-0.05, 0) is 43.0 Å². The van der Waals surface area contributed by atoms with Crippen molar-refractivity contribution in [1.82, 2.24) is 5.32 Å². The van der Waals surface area contributed by atoms with Crippen LogP contribution in [0.1, 0.15) is 29.2 Å². The second kappa shape index (κ2) is 4.74. The first-order valence-electron chi connectivity index (χ1n) is 6.01. The zero-order chi connectivity index (χ0) is 14.3. The molecule has 106 valence electrons. The van der Waals surface area contributed by atoms with Gasteiger partial charge in [0, 0.05) is 0 Å². The maximum atomic E-state index is 13.4. The van der Waals surface area contributed by atoms with E-state index in [9.17, 15) is 22.0 Å². The second-order valence-corrected chi connectivity index (χ2v) is 4.72. The molecule has 0 aromatic heterocycles. The van der Waals surface area contributed by atoms with Crippen LogP contribution in [0.5, 0.6) is 0 Å². The zero-order valence-electron chi connectivity index (χ0n) is 10.3. The van der Waals surface area contributed by atoms with Crippen LogP contribution >= 0.6 is 0 Å². The van der Waals surface area contributed by atoms with Crippen LogP contribution < -0.4 is 5.32 Å². The summed E-state index contributed by atoms with van der Waals surface area (Å²) in [6, 6.07) is 2.40. The van der Waals surface area contributed by atoms with Crippen molar-refractivity contribution in [2.45, 2.75) is 37.4 Å². The molecular formula is C13H14F5N. The molecule has 0 heterocycles. The third kappa shape index (κ3) is 2.45. The molecule has 1 aliphatic rings. The Labute approximate surface area is 107 Å². The Balaban J connectivity index is 2.37. The van der Waals surface area contributed by atoms with Crippen molar-refractivity contribution in [3.63, 3.8) is 0 Å². The van der Waals surface area contributed by atoms with E-state index in [2.05, 4.69) is 5.32 Å². The van der Waals surface area contributed by atoms with E-state index in [0.717, 1.165) is 37.4 Å². The fourth-order valence-electron chi connectivity index (χ4n) is 2.49.